The molecule has 4 heteroatoms. The molecule has 192 valence electrons. The SMILES string of the molecule is C=Cc1cc[n+](CCC[N+](C)(CCCCCCCCCCCC)Cc2ccccc2)cc1.[Br-].[Br-]. The first kappa shape index (κ1) is 33.0. The first-order valence-electron chi connectivity index (χ1n) is 13.1. The lowest BCUT2D eigenvalue weighted by molar-refractivity contribution is -0.924. The van der Waals surface area contributed by atoms with Crippen molar-refractivity contribution >= 4 is 6.08 Å². The molecule has 0 bridgehead atoms. The molecule has 1 aromatic carbocycles. The molecule has 2 aromatic rings. The third kappa shape index (κ3) is 14.4. The molecule has 1 aromatic heterocycles. The number of halogens is 2. The number of unbranched alkanes of at least 4 members (excludes halogenated alkanes) is 9. The highest BCUT2D eigenvalue weighted by Gasteiger charge is 2.22. The van der Waals surface area contributed by atoms with E-state index in [1.165, 1.54) is 94.8 Å². The second-order valence-corrected chi connectivity index (χ2v) is 9.82. The Bertz CT molecular complexity index is 733. The smallest absolute Gasteiger partial charge is 0.169 e. The predicted molar refractivity (Wildman–Crippen MR) is 139 cm³/mol. The Morgan fingerprint density at radius 3 is 1.82 bits per heavy atom. The van der Waals surface area contributed by atoms with Crippen LogP contribution in [0.4, 0.5) is 0 Å². The highest BCUT2D eigenvalue weighted by Crippen LogP contribution is 2.17. The van der Waals surface area contributed by atoms with E-state index in [9.17, 15) is 0 Å². The van der Waals surface area contributed by atoms with Crippen LogP contribution in [0.2, 0.25) is 0 Å². The molecular formula is C30H48Br2N2. The number of aromatic nitrogens is 1. The van der Waals surface area contributed by atoms with Gasteiger partial charge in [0.2, 0.25) is 0 Å². The number of rotatable bonds is 18. The number of nitrogens with zero attached hydrogens (tertiary/aromatic N) is 2. The number of hydrogen-bond donors (Lipinski definition) is 0. The van der Waals surface area contributed by atoms with Crippen LogP contribution in [0.3, 0.4) is 0 Å². The third-order valence-corrected chi connectivity index (χ3v) is 6.73. The Hall–Kier alpha value is -0.970. The summed E-state index contributed by atoms with van der Waals surface area (Å²) in [5.74, 6) is 0. The molecule has 0 saturated carbocycles. The average molecular weight is 597 g/mol. The van der Waals surface area contributed by atoms with Crippen LogP contribution in [0.25, 0.3) is 6.08 Å². The van der Waals surface area contributed by atoms with Crippen molar-refractivity contribution in [1.29, 1.82) is 0 Å². The predicted octanol–water partition coefficient (Wildman–Crippen LogP) is 1.58. The second-order valence-electron chi connectivity index (χ2n) is 9.82. The largest absolute Gasteiger partial charge is 1.00 e. The van der Waals surface area contributed by atoms with E-state index in [2.05, 4.69) is 80.0 Å². The lowest BCUT2D eigenvalue weighted by Gasteiger charge is -2.34. The fourth-order valence-corrected chi connectivity index (χ4v) is 4.66. The monoisotopic (exact) mass is 594 g/mol. The summed E-state index contributed by atoms with van der Waals surface area (Å²) < 4.78 is 3.45. The van der Waals surface area contributed by atoms with E-state index in [0.717, 1.165) is 17.6 Å². The standard InChI is InChI=1S/C30H48N2.2BrH/c1-4-6-7-8-9-10-11-12-13-17-26-32(3,28-30-19-15-14-16-20-30)27-18-23-31-24-21-29(5-2)22-25-31;;/h5,14-16,19-22,24-25H,2,4,6-13,17-18,23,26-28H2,1,3H3;2*1H/q+2;;/p-2. The Balaban J connectivity index is 0.00000544. The van der Waals surface area contributed by atoms with Gasteiger partial charge < -0.3 is 38.4 Å². The number of pyridine rings is 1. The number of quaternary nitrogens is 1. The Morgan fingerprint density at radius 2 is 1.26 bits per heavy atom. The van der Waals surface area contributed by atoms with Gasteiger partial charge in [0.25, 0.3) is 0 Å². The molecule has 0 aliphatic heterocycles. The van der Waals surface area contributed by atoms with Gasteiger partial charge in [0, 0.05) is 17.7 Å². The second kappa shape index (κ2) is 20.2. The number of hydrogen-bond acceptors (Lipinski definition) is 0. The van der Waals surface area contributed by atoms with E-state index >= 15 is 0 Å². The molecule has 0 N–H and O–H groups in total. The van der Waals surface area contributed by atoms with Gasteiger partial charge in [0.05, 0.1) is 26.6 Å². The molecule has 1 heterocycles. The van der Waals surface area contributed by atoms with Crippen molar-refractivity contribution in [1.82, 2.24) is 0 Å². The molecule has 2 rings (SSSR count). The van der Waals surface area contributed by atoms with E-state index in [1.54, 1.807) is 0 Å². The van der Waals surface area contributed by atoms with Crippen LogP contribution in [0.5, 0.6) is 0 Å². The minimum Gasteiger partial charge on any atom is -1.00 e. The molecule has 0 fully saturated rings. The third-order valence-electron chi connectivity index (χ3n) is 6.73. The molecule has 0 radical (unpaired) electrons. The van der Waals surface area contributed by atoms with Crippen LogP contribution >= 0.6 is 0 Å². The van der Waals surface area contributed by atoms with Crippen LogP contribution in [-0.2, 0) is 13.1 Å². The van der Waals surface area contributed by atoms with Crippen LogP contribution in [0.1, 0.15) is 88.7 Å². The number of benzene rings is 1. The van der Waals surface area contributed by atoms with Gasteiger partial charge in [0.15, 0.2) is 18.9 Å². The highest BCUT2D eigenvalue weighted by molar-refractivity contribution is 5.44. The van der Waals surface area contributed by atoms with Gasteiger partial charge in [-0.3, -0.25) is 0 Å². The van der Waals surface area contributed by atoms with Gasteiger partial charge in [-0.1, -0.05) is 101 Å². The van der Waals surface area contributed by atoms with Crippen LogP contribution in [0.15, 0.2) is 61.4 Å². The summed E-state index contributed by atoms with van der Waals surface area (Å²) in [6.45, 7) is 10.9. The maximum Gasteiger partial charge on any atom is 0.169 e. The molecule has 2 nitrogen and oxygen atoms in total. The zero-order chi connectivity index (χ0) is 22.9. The summed E-state index contributed by atoms with van der Waals surface area (Å²) in [5.41, 5.74) is 2.65. The van der Waals surface area contributed by atoms with E-state index in [4.69, 9.17) is 0 Å². The number of aryl methyl sites for hydroxylation is 1. The molecule has 1 unspecified atom stereocenters. The Kier molecular flexibility index (Phi) is 19.7. The maximum atomic E-state index is 3.85. The van der Waals surface area contributed by atoms with Gasteiger partial charge in [-0.2, -0.15) is 0 Å². The zero-order valence-corrected chi connectivity index (χ0v) is 24.9. The maximum absolute atomic E-state index is 3.85. The topological polar surface area (TPSA) is 3.88 Å². The quantitative estimate of drug-likeness (QED) is 0.140. The fraction of sp³-hybridized carbons (Fsp3) is 0.567. The Morgan fingerprint density at radius 1 is 0.735 bits per heavy atom. The van der Waals surface area contributed by atoms with Crippen molar-refractivity contribution in [3.8, 4) is 0 Å². The summed E-state index contributed by atoms with van der Waals surface area (Å²) in [7, 11) is 2.46. The molecule has 0 spiro atoms. The van der Waals surface area contributed by atoms with Crippen molar-refractivity contribution < 1.29 is 43.0 Å². The summed E-state index contributed by atoms with van der Waals surface area (Å²) >= 11 is 0. The molecule has 0 aliphatic carbocycles. The molecule has 34 heavy (non-hydrogen) atoms. The van der Waals surface area contributed by atoms with Crippen LogP contribution in [0, 0.1) is 0 Å². The van der Waals surface area contributed by atoms with E-state index in [0.29, 0.717) is 0 Å². The van der Waals surface area contributed by atoms with E-state index in [-0.39, 0.29) is 34.0 Å². The summed E-state index contributed by atoms with van der Waals surface area (Å²) in [6, 6.07) is 15.4. The normalized spacial score (nSPS) is 12.3. The molecule has 0 saturated heterocycles. The van der Waals surface area contributed by atoms with Crippen LogP contribution < -0.4 is 38.5 Å². The van der Waals surface area contributed by atoms with Crippen molar-refractivity contribution in [2.24, 2.45) is 0 Å². The average Bonchev–Trinajstić information content (AvgIpc) is 2.81. The van der Waals surface area contributed by atoms with Crippen molar-refractivity contribution in [3.05, 3.63) is 72.6 Å². The van der Waals surface area contributed by atoms with Gasteiger partial charge in [-0.15, -0.1) is 0 Å². The van der Waals surface area contributed by atoms with Crippen LogP contribution in [-0.4, -0.2) is 24.6 Å². The van der Waals surface area contributed by atoms with Gasteiger partial charge >= 0.3 is 0 Å². The van der Waals surface area contributed by atoms with E-state index in [1.807, 2.05) is 6.08 Å². The fourth-order valence-electron chi connectivity index (χ4n) is 4.66. The Labute approximate surface area is 231 Å². The lowest BCUT2D eigenvalue weighted by atomic mass is 10.1. The molecule has 1 atom stereocenters. The first-order chi connectivity index (χ1) is 15.6. The van der Waals surface area contributed by atoms with Gasteiger partial charge in [-0.25, -0.2) is 4.57 Å². The van der Waals surface area contributed by atoms with Gasteiger partial charge in [-0.05, 0) is 18.4 Å². The lowest BCUT2D eigenvalue weighted by Crippen LogP contribution is -3.00. The van der Waals surface area contributed by atoms with Gasteiger partial charge in [0.1, 0.15) is 6.54 Å². The van der Waals surface area contributed by atoms with Crippen molar-refractivity contribution in [2.45, 2.75) is 90.6 Å². The zero-order valence-electron chi connectivity index (χ0n) is 21.7. The minimum atomic E-state index is 0. The van der Waals surface area contributed by atoms with E-state index < -0.39 is 0 Å². The van der Waals surface area contributed by atoms with Crippen molar-refractivity contribution in [2.75, 3.05) is 20.1 Å². The summed E-state index contributed by atoms with van der Waals surface area (Å²) in [5, 5.41) is 0. The minimum absolute atomic E-state index is 0. The first-order valence-corrected chi connectivity index (χ1v) is 13.1. The molecular weight excluding hydrogens is 548 g/mol. The summed E-state index contributed by atoms with van der Waals surface area (Å²) in [4.78, 5) is 0. The molecule has 0 aliphatic rings. The summed E-state index contributed by atoms with van der Waals surface area (Å²) in [6.07, 6.45) is 21.5. The molecule has 0 amide bonds. The van der Waals surface area contributed by atoms with Crippen molar-refractivity contribution in [3.63, 3.8) is 0 Å². The highest BCUT2D eigenvalue weighted by atomic mass is 79.9.